The molecule has 1 heteroatoms. The molecule has 0 N–H and O–H groups in total. The van der Waals surface area contributed by atoms with Gasteiger partial charge in [-0.15, -0.1) is 0 Å². The average Bonchev–Trinajstić information content (AvgIpc) is 3.94. The molecule has 0 heterocycles. The van der Waals surface area contributed by atoms with Crippen molar-refractivity contribution in [1.82, 2.24) is 0 Å². The first-order chi connectivity index (χ1) is 27.0. The fourth-order valence-corrected chi connectivity index (χ4v) is 11.8. The number of benzene rings is 7. The third-order valence-corrected chi connectivity index (χ3v) is 14.5. The molecule has 7 aromatic carbocycles. The molecule has 1 nitrogen and oxygen atoms in total. The molecule has 3 fully saturated rings. The largest absolute Gasteiger partial charge is 0.310 e. The SMILES string of the molecule is CC1(C)c2cc(N(c3ccc(C4CC5CCC4C5)cc3)c3cccc4cc(C5CCCCC5)ccc34)ccc2-c2cccc(-c3cccc4ccccc34)c21. The zero-order chi connectivity index (χ0) is 36.7. The van der Waals surface area contributed by atoms with E-state index in [1.54, 1.807) is 0 Å². The molecule has 3 atom stereocenters. The molecule has 0 amide bonds. The maximum Gasteiger partial charge on any atom is 0.0540 e. The summed E-state index contributed by atoms with van der Waals surface area (Å²) >= 11 is 0. The van der Waals surface area contributed by atoms with E-state index in [0.717, 1.165) is 17.8 Å². The smallest absolute Gasteiger partial charge is 0.0540 e. The van der Waals surface area contributed by atoms with Crippen LogP contribution in [0.5, 0.6) is 0 Å². The first kappa shape index (κ1) is 33.2. The van der Waals surface area contributed by atoms with E-state index in [1.165, 1.54) is 141 Å². The lowest BCUT2D eigenvalue weighted by Gasteiger charge is -2.30. The van der Waals surface area contributed by atoms with Crippen molar-refractivity contribution in [2.75, 3.05) is 4.90 Å². The van der Waals surface area contributed by atoms with Crippen LogP contribution >= 0.6 is 0 Å². The molecule has 55 heavy (non-hydrogen) atoms. The summed E-state index contributed by atoms with van der Waals surface area (Å²) in [5.41, 5.74) is 14.8. The van der Waals surface area contributed by atoms with Crippen molar-refractivity contribution in [3.63, 3.8) is 0 Å². The first-order valence-corrected chi connectivity index (χ1v) is 21.2. The molecule has 0 aromatic heterocycles. The second-order valence-electron chi connectivity index (χ2n) is 17.9. The number of rotatable bonds is 6. The highest BCUT2D eigenvalue weighted by Gasteiger charge is 2.41. The fourth-order valence-electron chi connectivity index (χ4n) is 11.8. The van der Waals surface area contributed by atoms with Crippen LogP contribution in [0.3, 0.4) is 0 Å². The molecule has 0 radical (unpaired) electrons. The minimum absolute atomic E-state index is 0.181. The molecule has 7 aromatic rings. The molecule has 272 valence electrons. The van der Waals surface area contributed by atoms with Gasteiger partial charge in [-0.3, -0.25) is 0 Å². The summed E-state index contributed by atoms with van der Waals surface area (Å²) in [5.74, 6) is 3.24. The quantitative estimate of drug-likeness (QED) is 0.166. The standard InChI is InChI=1S/C54H51N/c1-54(2)51-34-43(28-30-47(51)49-19-10-18-48(53(49)54)46-17-8-14-37-13-6-7-16-44(37)46)55(42-26-23-38(24-27-42)50-32-35-21-22-41(50)31-35)52-20-9-15-40-33-39(25-29-45(40)52)36-11-4-3-5-12-36/h6-10,13-20,23-30,33-36,41,50H,3-5,11-12,21-22,31-32H2,1-2H3. The van der Waals surface area contributed by atoms with Gasteiger partial charge in [-0.2, -0.15) is 0 Å². The molecule has 3 unspecified atom stereocenters. The third-order valence-electron chi connectivity index (χ3n) is 14.5. The Balaban J connectivity index is 1.04. The van der Waals surface area contributed by atoms with E-state index in [0.29, 0.717) is 5.92 Å². The van der Waals surface area contributed by atoms with Crippen LogP contribution in [-0.2, 0) is 5.41 Å². The Bertz CT molecular complexity index is 2580. The lowest BCUT2D eigenvalue weighted by atomic mass is 9.78. The zero-order valence-electron chi connectivity index (χ0n) is 32.4. The monoisotopic (exact) mass is 713 g/mol. The van der Waals surface area contributed by atoms with Gasteiger partial charge < -0.3 is 4.90 Å². The Morgan fingerprint density at radius 1 is 0.509 bits per heavy atom. The van der Waals surface area contributed by atoms with E-state index in [-0.39, 0.29) is 5.41 Å². The van der Waals surface area contributed by atoms with Crippen molar-refractivity contribution >= 4 is 38.6 Å². The second kappa shape index (κ2) is 13.0. The number of hydrogen-bond acceptors (Lipinski definition) is 1. The summed E-state index contributed by atoms with van der Waals surface area (Å²) in [6.07, 6.45) is 12.4. The highest BCUT2D eigenvalue weighted by Crippen LogP contribution is 2.56. The van der Waals surface area contributed by atoms with Gasteiger partial charge in [-0.05, 0) is 147 Å². The molecule has 2 bridgehead atoms. The van der Waals surface area contributed by atoms with Crippen molar-refractivity contribution < 1.29 is 0 Å². The van der Waals surface area contributed by atoms with Gasteiger partial charge in [0.25, 0.3) is 0 Å². The Labute approximate surface area is 327 Å². The topological polar surface area (TPSA) is 3.24 Å². The highest BCUT2D eigenvalue weighted by atomic mass is 15.1. The minimum atomic E-state index is -0.181. The number of hydrogen-bond donors (Lipinski definition) is 0. The molecule has 0 spiro atoms. The lowest BCUT2D eigenvalue weighted by molar-refractivity contribution is 0.420. The van der Waals surface area contributed by atoms with Gasteiger partial charge in [0.05, 0.1) is 5.69 Å². The van der Waals surface area contributed by atoms with Crippen LogP contribution in [0, 0.1) is 11.8 Å². The van der Waals surface area contributed by atoms with Crippen LogP contribution in [-0.4, -0.2) is 0 Å². The molecule has 0 saturated heterocycles. The van der Waals surface area contributed by atoms with Gasteiger partial charge in [0.1, 0.15) is 0 Å². The van der Waals surface area contributed by atoms with Crippen LogP contribution in [0.25, 0.3) is 43.8 Å². The van der Waals surface area contributed by atoms with E-state index in [2.05, 4.69) is 158 Å². The Morgan fingerprint density at radius 2 is 1.22 bits per heavy atom. The van der Waals surface area contributed by atoms with Crippen LogP contribution in [0.4, 0.5) is 17.1 Å². The maximum atomic E-state index is 2.55. The van der Waals surface area contributed by atoms with Crippen molar-refractivity contribution in [2.24, 2.45) is 11.8 Å². The predicted octanol–water partition coefficient (Wildman–Crippen LogP) is 15.4. The summed E-state index contributed by atoms with van der Waals surface area (Å²) < 4.78 is 0. The lowest BCUT2D eigenvalue weighted by Crippen LogP contribution is -2.18. The summed E-state index contributed by atoms with van der Waals surface area (Å²) in [6, 6.07) is 53.9. The molecule has 11 rings (SSSR count). The Hall–Kier alpha value is -5.14. The predicted molar refractivity (Wildman–Crippen MR) is 233 cm³/mol. The fraction of sp³-hybridized carbons (Fsp3) is 0.296. The zero-order valence-corrected chi connectivity index (χ0v) is 32.4. The van der Waals surface area contributed by atoms with Gasteiger partial charge in [0.15, 0.2) is 0 Å². The summed E-state index contributed by atoms with van der Waals surface area (Å²) in [5, 5.41) is 5.27. The van der Waals surface area contributed by atoms with Crippen LogP contribution in [0.15, 0.2) is 140 Å². The molecular weight excluding hydrogens is 663 g/mol. The van der Waals surface area contributed by atoms with E-state index in [1.807, 2.05) is 0 Å². The number of anilines is 3. The maximum absolute atomic E-state index is 2.55. The number of nitrogens with zero attached hydrogens (tertiary/aromatic N) is 1. The molecule has 0 aliphatic heterocycles. The number of fused-ring (bicyclic) bond motifs is 7. The average molecular weight is 714 g/mol. The van der Waals surface area contributed by atoms with Gasteiger partial charge in [0.2, 0.25) is 0 Å². The normalized spacial score (nSPS) is 21.2. The van der Waals surface area contributed by atoms with Crippen molar-refractivity contribution in [1.29, 1.82) is 0 Å². The van der Waals surface area contributed by atoms with Crippen LogP contribution in [0.2, 0.25) is 0 Å². The summed E-state index contributed by atoms with van der Waals surface area (Å²) in [7, 11) is 0. The van der Waals surface area contributed by atoms with E-state index in [9.17, 15) is 0 Å². The van der Waals surface area contributed by atoms with Gasteiger partial charge in [-0.25, -0.2) is 0 Å². The van der Waals surface area contributed by atoms with Crippen LogP contribution in [0.1, 0.15) is 106 Å². The van der Waals surface area contributed by atoms with E-state index < -0.39 is 0 Å². The molecule has 4 aliphatic carbocycles. The van der Waals surface area contributed by atoms with Gasteiger partial charge >= 0.3 is 0 Å². The first-order valence-electron chi connectivity index (χ1n) is 21.2. The van der Waals surface area contributed by atoms with Crippen molar-refractivity contribution in [3.05, 3.63) is 162 Å². The van der Waals surface area contributed by atoms with Crippen molar-refractivity contribution in [3.8, 4) is 22.3 Å². The van der Waals surface area contributed by atoms with Crippen LogP contribution < -0.4 is 4.90 Å². The molecular formula is C54H51N. The van der Waals surface area contributed by atoms with Crippen molar-refractivity contribution in [2.45, 2.75) is 88.9 Å². The third kappa shape index (κ3) is 5.41. The van der Waals surface area contributed by atoms with Gasteiger partial charge in [-0.1, -0.05) is 149 Å². The van der Waals surface area contributed by atoms with E-state index >= 15 is 0 Å². The highest BCUT2D eigenvalue weighted by molar-refractivity contribution is 6.02. The minimum Gasteiger partial charge on any atom is -0.310 e. The molecule has 3 saturated carbocycles. The second-order valence-corrected chi connectivity index (χ2v) is 17.9. The Morgan fingerprint density at radius 3 is 2.04 bits per heavy atom. The van der Waals surface area contributed by atoms with E-state index in [4.69, 9.17) is 0 Å². The summed E-state index contributed by atoms with van der Waals surface area (Å²) in [4.78, 5) is 2.55. The van der Waals surface area contributed by atoms with Gasteiger partial charge in [0, 0.05) is 22.2 Å². The molecule has 4 aliphatic rings. The summed E-state index contributed by atoms with van der Waals surface area (Å²) in [6.45, 7) is 4.88. The Kier molecular flexibility index (Phi) is 7.84.